The van der Waals surface area contributed by atoms with E-state index in [0.29, 0.717) is 10.1 Å². The van der Waals surface area contributed by atoms with E-state index in [-0.39, 0.29) is 5.56 Å². The first kappa shape index (κ1) is 10.6. The number of tetrazole rings is 1. The van der Waals surface area contributed by atoms with Crippen LogP contribution in [0.25, 0.3) is 0 Å². The van der Waals surface area contributed by atoms with E-state index in [9.17, 15) is 4.39 Å². The summed E-state index contributed by atoms with van der Waals surface area (Å²) < 4.78 is 14.4. The molecule has 80 valence electrons. The maximum Gasteiger partial charge on any atom is 0.213 e. The molecule has 0 aliphatic carbocycles. The van der Waals surface area contributed by atoms with E-state index in [4.69, 9.17) is 5.26 Å². The van der Waals surface area contributed by atoms with Crippen LogP contribution in [0.5, 0.6) is 0 Å². The van der Waals surface area contributed by atoms with Gasteiger partial charge in [0.05, 0.1) is 5.56 Å². The topological polar surface area (TPSA) is 67.4 Å². The van der Waals surface area contributed by atoms with Gasteiger partial charge in [0.1, 0.15) is 11.9 Å². The molecule has 1 aromatic carbocycles. The average Bonchev–Trinajstić information content (AvgIpc) is 2.67. The van der Waals surface area contributed by atoms with Crippen LogP contribution in [0.15, 0.2) is 28.3 Å². The summed E-state index contributed by atoms with van der Waals surface area (Å²) in [5, 5.41) is 20.3. The van der Waals surface area contributed by atoms with Crippen molar-refractivity contribution >= 4 is 11.8 Å². The van der Waals surface area contributed by atoms with Crippen molar-refractivity contribution in [3.63, 3.8) is 0 Å². The van der Waals surface area contributed by atoms with Gasteiger partial charge in [-0.15, -0.1) is 5.10 Å². The van der Waals surface area contributed by atoms with Crippen molar-refractivity contribution in [2.24, 2.45) is 7.05 Å². The Morgan fingerprint density at radius 2 is 2.31 bits per heavy atom. The molecular formula is C9H6FN5S. The van der Waals surface area contributed by atoms with E-state index in [0.717, 1.165) is 0 Å². The predicted octanol–water partition coefficient (Wildman–Crippen LogP) is 1.37. The number of hydrogen-bond donors (Lipinski definition) is 0. The molecule has 0 aliphatic rings. The Morgan fingerprint density at radius 3 is 2.94 bits per heavy atom. The lowest BCUT2D eigenvalue weighted by molar-refractivity contribution is 0.626. The Kier molecular flexibility index (Phi) is 2.83. The monoisotopic (exact) mass is 235 g/mol. The number of aryl methyl sites for hydroxylation is 1. The van der Waals surface area contributed by atoms with Crippen LogP contribution in [-0.2, 0) is 7.05 Å². The van der Waals surface area contributed by atoms with Gasteiger partial charge in [-0.25, -0.2) is 9.07 Å². The maximum absolute atomic E-state index is 12.9. The van der Waals surface area contributed by atoms with Crippen LogP contribution in [0.3, 0.4) is 0 Å². The smallest absolute Gasteiger partial charge is 0.213 e. The van der Waals surface area contributed by atoms with E-state index in [1.54, 1.807) is 7.05 Å². The normalized spacial score (nSPS) is 10.1. The Bertz CT molecular complexity index is 559. The van der Waals surface area contributed by atoms with Gasteiger partial charge in [0.25, 0.3) is 0 Å². The fraction of sp³-hybridized carbons (Fsp3) is 0.111. The summed E-state index contributed by atoms with van der Waals surface area (Å²) in [6.07, 6.45) is 0. The zero-order valence-corrected chi connectivity index (χ0v) is 9.07. The van der Waals surface area contributed by atoms with Gasteiger partial charge in [-0.1, -0.05) is 0 Å². The Hall–Kier alpha value is -1.94. The van der Waals surface area contributed by atoms with Gasteiger partial charge in [0, 0.05) is 11.9 Å². The molecule has 0 N–H and O–H groups in total. The van der Waals surface area contributed by atoms with Gasteiger partial charge in [0.15, 0.2) is 0 Å². The van der Waals surface area contributed by atoms with Crippen molar-refractivity contribution in [3.8, 4) is 6.07 Å². The third-order valence-corrected chi connectivity index (χ3v) is 2.95. The number of halogens is 1. The number of benzene rings is 1. The second kappa shape index (κ2) is 4.28. The van der Waals surface area contributed by atoms with Crippen molar-refractivity contribution in [2.75, 3.05) is 0 Å². The summed E-state index contributed by atoms with van der Waals surface area (Å²) in [5.41, 5.74) is 0.271. The van der Waals surface area contributed by atoms with Crippen LogP contribution in [0, 0.1) is 17.1 Å². The average molecular weight is 235 g/mol. The zero-order chi connectivity index (χ0) is 11.5. The number of nitrogens with zero attached hydrogens (tertiary/aromatic N) is 5. The first-order valence-corrected chi connectivity index (χ1v) is 5.12. The first-order chi connectivity index (χ1) is 7.70. The molecular weight excluding hydrogens is 229 g/mol. The minimum atomic E-state index is -0.433. The standard InChI is InChI=1S/C9H6FN5S/c1-15-9(12-13-14-15)16-8-3-2-7(10)4-6(8)5-11/h2-4H,1H3. The van der Waals surface area contributed by atoms with Crippen molar-refractivity contribution in [2.45, 2.75) is 10.1 Å². The summed E-state index contributed by atoms with van der Waals surface area (Å²) in [7, 11) is 1.69. The molecule has 0 fully saturated rings. The van der Waals surface area contributed by atoms with Gasteiger partial charge >= 0.3 is 0 Å². The second-order valence-corrected chi connectivity index (χ2v) is 3.95. The zero-order valence-electron chi connectivity index (χ0n) is 8.25. The molecule has 0 amide bonds. The molecule has 1 aromatic heterocycles. The van der Waals surface area contributed by atoms with Gasteiger partial charge in [-0.05, 0) is 40.4 Å². The van der Waals surface area contributed by atoms with Crippen molar-refractivity contribution in [1.82, 2.24) is 20.2 Å². The van der Waals surface area contributed by atoms with Gasteiger partial charge < -0.3 is 0 Å². The van der Waals surface area contributed by atoms with E-state index >= 15 is 0 Å². The molecule has 0 saturated heterocycles. The highest BCUT2D eigenvalue weighted by Gasteiger charge is 2.09. The van der Waals surface area contributed by atoms with Crippen LogP contribution < -0.4 is 0 Å². The molecule has 5 nitrogen and oxygen atoms in total. The number of aromatic nitrogens is 4. The lowest BCUT2D eigenvalue weighted by atomic mass is 10.2. The Morgan fingerprint density at radius 1 is 1.50 bits per heavy atom. The van der Waals surface area contributed by atoms with Crippen molar-refractivity contribution < 1.29 is 4.39 Å². The lowest BCUT2D eigenvalue weighted by Gasteiger charge is -2.01. The summed E-state index contributed by atoms with van der Waals surface area (Å²) in [6.45, 7) is 0. The van der Waals surface area contributed by atoms with Gasteiger partial charge in [0.2, 0.25) is 5.16 Å². The number of rotatable bonds is 2. The predicted molar refractivity (Wildman–Crippen MR) is 54.0 cm³/mol. The third kappa shape index (κ3) is 2.01. The number of nitriles is 1. The molecule has 7 heteroatoms. The van der Waals surface area contributed by atoms with Crippen LogP contribution in [0.1, 0.15) is 5.56 Å². The van der Waals surface area contributed by atoms with Crippen molar-refractivity contribution in [1.29, 1.82) is 5.26 Å². The lowest BCUT2D eigenvalue weighted by Crippen LogP contribution is -1.93. The van der Waals surface area contributed by atoms with E-state index in [2.05, 4.69) is 15.5 Å². The minimum absolute atomic E-state index is 0.271. The molecule has 0 bridgehead atoms. The van der Waals surface area contributed by atoms with Crippen LogP contribution in [0.4, 0.5) is 4.39 Å². The van der Waals surface area contributed by atoms with Crippen LogP contribution >= 0.6 is 11.8 Å². The molecule has 0 saturated carbocycles. The third-order valence-electron chi connectivity index (χ3n) is 1.84. The highest BCUT2D eigenvalue weighted by Crippen LogP contribution is 2.28. The fourth-order valence-electron chi connectivity index (χ4n) is 1.08. The summed E-state index contributed by atoms with van der Waals surface area (Å²) in [4.78, 5) is 0.627. The first-order valence-electron chi connectivity index (χ1n) is 4.30. The highest BCUT2D eigenvalue weighted by atomic mass is 32.2. The molecule has 1 heterocycles. The highest BCUT2D eigenvalue weighted by molar-refractivity contribution is 7.99. The molecule has 0 spiro atoms. The second-order valence-electron chi connectivity index (χ2n) is 2.94. The largest absolute Gasteiger partial charge is 0.223 e. The molecule has 0 unspecified atom stereocenters. The molecule has 2 rings (SSSR count). The molecule has 0 atom stereocenters. The molecule has 2 aromatic rings. The Balaban J connectivity index is 2.36. The SMILES string of the molecule is Cn1nnnc1Sc1ccc(F)cc1C#N. The summed E-state index contributed by atoms with van der Waals surface area (Å²) >= 11 is 1.22. The number of hydrogen-bond acceptors (Lipinski definition) is 5. The molecule has 0 radical (unpaired) electrons. The van der Waals surface area contributed by atoms with Gasteiger partial charge in [-0.3, -0.25) is 0 Å². The van der Waals surface area contributed by atoms with E-state index < -0.39 is 5.82 Å². The van der Waals surface area contributed by atoms with Crippen molar-refractivity contribution in [3.05, 3.63) is 29.6 Å². The fourth-order valence-corrected chi connectivity index (χ4v) is 1.88. The van der Waals surface area contributed by atoms with Crippen LogP contribution in [-0.4, -0.2) is 20.2 Å². The van der Waals surface area contributed by atoms with E-state index in [1.807, 2.05) is 6.07 Å². The minimum Gasteiger partial charge on any atom is -0.223 e. The molecule has 16 heavy (non-hydrogen) atoms. The Labute approximate surface area is 94.9 Å². The quantitative estimate of drug-likeness (QED) is 0.786. The summed E-state index contributed by atoms with van der Waals surface area (Å²) in [6, 6.07) is 5.95. The maximum atomic E-state index is 12.9. The van der Waals surface area contributed by atoms with E-state index in [1.165, 1.54) is 34.6 Å². The van der Waals surface area contributed by atoms with Gasteiger partial charge in [-0.2, -0.15) is 5.26 Å². The summed E-state index contributed by atoms with van der Waals surface area (Å²) in [5.74, 6) is -0.433. The molecule has 0 aliphatic heterocycles. The van der Waals surface area contributed by atoms with Crippen LogP contribution in [0.2, 0.25) is 0 Å².